The van der Waals surface area contributed by atoms with Gasteiger partial charge in [-0.1, -0.05) is 27.7 Å². The summed E-state index contributed by atoms with van der Waals surface area (Å²) in [6, 6.07) is 0.497. The first kappa shape index (κ1) is 9.01. The van der Waals surface area contributed by atoms with Gasteiger partial charge >= 0.3 is 0 Å². The molecule has 0 aromatic carbocycles. The van der Waals surface area contributed by atoms with Crippen molar-refractivity contribution in [2.24, 2.45) is 11.3 Å². The smallest absolute Gasteiger partial charge is 0.0688 e. The van der Waals surface area contributed by atoms with Crippen LogP contribution in [0.15, 0.2) is 0 Å². The van der Waals surface area contributed by atoms with Crippen molar-refractivity contribution in [2.45, 2.75) is 40.2 Å². The minimum Gasteiger partial charge on any atom is -0.301 e. The predicted octanol–water partition coefficient (Wildman–Crippen LogP) is 1.96. The Balaban J connectivity index is 2.60. The number of hydrogen-bond acceptors (Lipinski definition) is 2. The highest BCUT2D eigenvalue weighted by Crippen LogP contribution is 2.32. The van der Waals surface area contributed by atoms with Crippen LogP contribution in [0.5, 0.6) is 0 Å². The molecule has 1 fully saturated rings. The maximum Gasteiger partial charge on any atom is 0.0688 e. The number of hydroxylamine groups is 1. The second-order valence-electron chi connectivity index (χ2n) is 4.43. The Kier molecular flexibility index (Phi) is 2.55. The van der Waals surface area contributed by atoms with Crippen molar-refractivity contribution in [3.05, 3.63) is 0 Å². The average molecular weight is 157 g/mol. The van der Waals surface area contributed by atoms with Gasteiger partial charge in [0, 0.05) is 6.04 Å². The van der Waals surface area contributed by atoms with Gasteiger partial charge in [-0.25, -0.2) is 0 Å². The number of rotatable bonds is 1. The van der Waals surface area contributed by atoms with E-state index in [0.717, 1.165) is 13.0 Å². The van der Waals surface area contributed by atoms with Crippen molar-refractivity contribution < 1.29 is 4.84 Å². The quantitative estimate of drug-likeness (QED) is 0.628. The first-order valence-electron chi connectivity index (χ1n) is 4.41. The summed E-state index contributed by atoms with van der Waals surface area (Å²) in [4.78, 5) is 5.23. The van der Waals surface area contributed by atoms with Crippen LogP contribution in [-0.2, 0) is 4.84 Å². The van der Waals surface area contributed by atoms with Crippen molar-refractivity contribution in [2.75, 3.05) is 6.61 Å². The van der Waals surface area contributed by atoms with Crippen LogP contribution in [-0.4, -0.2) is 12.6 Å². The average Bonchev–Trinajstić information content (AvgIpc) is 1.85. The molecular formula is C9H19NO. The van der Waals surface area contributed by atoms with E-state index in [4.69, 9.17) is 4.84 Å². The summed E-state index contributed by atoms with van der Waals surface area (Å²) in [5.41, 5.74) is 3.49. The third kappa shape index (κ3) is 1.94. The third-order valence-electron chi connectivity index (χ3n) is 2.57. The molecule has 0 aromatic heterocycles. The van der Waals surface area contributed by atoms with Crippen LogP contribution in [0.1, 0.15) is 34.1 Å². The van der Waals surface area contributed by atoms with E-state index in [-0.39, 0.29) is 0 Å². The van der Waals surface area contributed by atoms with Crippen LogP contribution in [0, 0.1) is 11.3 Å². The molecule has 0 saturated carbocycles. The van der Waals surface area contributed by atoms with Crippen molar-refractivity contribution in [1.82, 2.24) is 5.48 Å². The van der Waals surface area contributed by atoms with Crippen LogP contribution in [0.4, 0.5) is 0 Å². The molecular weight excluding hydrogens is 138 g/mol. The molecule has 1 N–H and O–H groups in total. The fraction of sp³-hybridized carbons (Fsp3) is 1.00. The zero-order valence-corrected chi connectivity index (χ0v) is 7.98. The third-order valence-corrected chi connectivity index (χ3v) is 2.57. The van der Waals surface area contributed by atoms with Crippen LogP contribution < -0.4 is 5.48 Å². The molecule has 1 atom stereocenters. The summed E-state index contributed by atoms with van der Waals surface area (Å²) < 4.78 is 0. The van der Waals surface area contributed by atoms with Crippen LogP contribution >= 0.6 is 0 Å². The minimum atomic E-state index is 0.381. The summed E-state index contributed by atoms with van der Waals surface area (Å²) in [6.07, 6.45) is 1.16. The van der Waals surface area contributed by atoms with Crippen molar-refractivity contribution in [1.29, 1.82) is 0 Å². The molecule has 0 radical (unpaired) electrons. The Morgan fingerprint density at radius 1 is 1.45 bits per heavy atom. The molecule has 0 spiro atoms. The number of nitrogens with one attached hydrogen (secondary N) is 1. The summed E-state index contributed by atoms with van der Waals surface area (Å²) in [6.45, 7) is 9.90. The zero-order valence-electron chi connectivity index (χ0n) is 7.98. The fourth-order valence-corrected chi connectivity index (χ4v) is 1.82. The Bertz CT molecular complexity index is 132. The van der Waals surface area contributed by atoms with E-state index in [0.29, 0.717) is 17.4 Å². The zero-order chi connectivity index (χ0) is 8.48. The van der Waals surface area contributed by atoms with E-state index in [1.54, 1.807) is 0 Å². The molecule has 0 aliphatic carbocycles. The van der Waals surface area contributed by atoms with Gasteiger partial charge in [0.05, 0.1) is 6.61 Å². The highest BCUT2D eigenvalue weighted by Gasteiger charge is 2.34. The molecule has 1 aliphatic heterocycles. The second-order valence-corrected chi connectivity index (χ2v) is 4.43. The summed E-state index contributed by atoms with van der Waals surface area (Å²) >= 11 is 0. The normalized spacial score (nSPS) is 30.8. The first-order chi connectivity index (χ1) is 5.04. The van der Waals surface area contributed by atoms with Gasteiger partial charge in [-0.2, -0.15) is 5.48 Å². The maximum absolute atomic E-state index is 5.23. The van der Waals surface area contributed by atoms with E-state index in [2.05, 4.69) is 33.2 Å². The minimum absolute atomic E-state index is 0.381. The Morgan fingerprint density at radius 2 is 2.09 bits per heavy atom. The monoisotopic (exact) mass is 157 g/mol. The largest absolute Gasteiger partial charge is 0.301 e. The SMILES string of the molecule is CC(C)C1NOCCC1(C)C. The highest BCUT2D eigenvalue weighted by molar-refractivity contribution is 4.86. The summed E-state index contributed by atoms with van der Waals surface area (Å²) in [5.74, 6) is 0.644. The van der Waals surface area contributed by atoms with E-state index in [1.165, 1.54) is 0 Å². The van der Waals surface area contributed by atoms with Gasteiger partial charge in [-0.3, -0.25) is 0 Å². The number of hydrogen-bond donors (Lipinski definition) is 1. The lowest BCUT2D eigenvalue weighted by atomic mass is 9.76. The van der Waals surface area contributed by atoms with Crippen molar-refractivity contribution in [3.8, 4) is 0 Å². The van der Waals surface area contributed by atoms with Crippen LogP contribution in [0.25, 0.3) is 0 Å². The van der Waals surface area contributed by atoms with Gasteiger partial charge in [0.25, 0.3) is 0 Å². The van der Waals surface area contributed by atoms with Gasteiger partial charge in [-0.05, 0) is 17.8 Å². The Hall–Kier alpha value is -0.0800. The van der Waals surface area contributed by atoms with Crippen molar-refractivity contribution >= 4 is 0 Å². The van der Waals surface area contributed by atoms with Gasteiger partial charge in [0.15, 0.2) is 0 Å². The van der Waals surface area contributed by atoms with Gasteiger partial charge in [0.2, 0.25) is 0 Å². The molecule has 2 nitrogen and oxygen atoms in total. The molecule has 1 aliphatic rings. The van der Waals surface area contributed by atoms with Gasteiger partial charge in [-0.15, -0.1) is 0 Å². The lowest BCUT2D eigenvalue weighted by Gasteiger charge is -2.41. The Labute approximate surface area is 69.3 Å². The van der Waals surface area contributed by atoms with E-state index >= 15 is 0 Å². The summed E-state index contributed by atoms with van der Waals surface area (Å²) in [5, 5.41) is 0. The maximum atomic E-state index is 5.23. The fourth-order valence-electron chi connectivity index (χ4n) is 1.82. The molecule has 11 heavy (non-hydrogen) atoms. The molecule has 1 saturated heterocycles. The molecule has 1 heterocycles. The van der Waals surface area contributed by atoms with E-state index in [1.807, 2.05) is 0 Å². The highest BCUT2D eigenvalue weighted by atomic mass is 16.6. The lowest BCUT2D eigenvalue weighted by molar-refractivity contribution is -0.0873. The van der Waals surface area contributed by atoms with E-state index in [9.17, 15) is 0 Å². The molecule has 0 aromatic rings. The van der Waals surface area contributed by atoms with Gasteiger partial charge < -0.3 is 4.84 Å². The van der Waals surface area contributed by atoms with Crippen LogP contribution in [0.2, 0.25) is 0 Å². The standard InChI is InChI=1S/C9H19NO/c1-7(2)8-9(3,4)5-6-11-10-8/h7-8,10H,5-6H2,1-4H3. The molecule has 66 valence electrons. The van der Waals surface area contributed by atoms with Gasteiger partial charge in [0.1, 0.15) is 0 Å². The lowest BCUT2D eigenvalue weighted by Crippen LogP contribution is -2.50. The molecule has 0 bridgehead atoms. The predicted molar refractivity (Wildman–Crippen MR) is 46.1 cm³/mol. The summed E-state index contributed by atoms with van der Waals surface area (Å²) in [7, 11) is 0. The van der Waals surface area contributed by atoms with Crippen LogP contribution in [0.3, 0.4) is 0 Å². The second kappa shape index (κ2) is 3.11. The topological polar surface area (TPSA) is 21.3 Å². The molecule has 2 heteroatoms. The molecule has 1 unspecified atom stereocenters. The van der Waals surface area contributed by atoms with E-state index < -0.39 is 0 Å². The first-order valence-corrected chi connectivity index (χ1v) is 4.41. The molecule has 1 rings (SSSR count). The Morgan fingerprint density at radius 3 is 2.45 bits per heavy atom. The molecule has 0 amide bonds. The van der Waals surface area contributed by atoms with Crippen molar-refractivity contribution in [3.63, 3.8) is 0 Å².